The molecule has 0 rings (SSSR count). The monoisotopic (exact) mass is 270 g/mol. The molecule has 0 bridgehead atoms. The number of hydrogen-bond acceptors (Lipinski definition) is 1. The molecule has 0 atom stereocenters. The fraction of sp³-hybridized carbons (Fsp3) is 1.00. The molecule has 0 aliphatic rings. The summed E-state index contributed by atoms with van der Waals surface area (Å²) in [7, 11) is 10.3. The Balaban J connectivity index is 2.99. The van der Waals surface area contributed by atoms with Gasteiger partial charge in [0, 0.05) is 10.2 Å². The second kappa shape index (κ2) is 12.2. The van der Waals surface area contributed by atoms with Gasteiger partial charge in [0.1, 0.15) is 0 Å². The van der Waals surface area contributed by atoms with Crippen LogP contribution in [-0.2, 0) is 0 Å². The van der Waals surface area contributed by atoms with Crippen LogP contribution in [-0.4, -0.2) is 55.5 Å². The van der Waals surface area contributed by atoms with Crippen molar-refractivity contribution in [2.24, 2.45) is 0 Å². The Hall–Kier alpha value is 0.137. The van der Waals surface area contributed by atoms with Gasteiger partial charge in [-0.1, -0.05) is 31.7 Å². The highest BCUT2D eigenvalue weighted by atomic mass is 28.1. The van der Waals surface area contributed by atoms with Crippen LogP contribution >= 0.6 is 0 Å². The molecule has 0 aliphatic heterocycles. The van der Waals surface area contributed by atoms with Crippen LogP contribution in [0.5, 0.6) is 0 Å². The largest absolute Gasteiger partial charge is 0.331 e. The molecule has 0 saturated carbocycles. The van der Waals surface area contributed by atoms with Gasteiger partial charge in [0.25, 0.3) is 0 Å². The molecular weight excluding hydrogens is 236 g/mol. The van der Waals surface area contributed by atoms with Crippen molar-refractivity contribution < 1.29 is 4.48 Å². The molecule has 2 nitrogen and oxygen atoms in total. The molecule has 0 aromatic heterocycles. The molecule has 107 valence electrons. The van der Waals surface area contributed by atoms with Gasteiger partial charge in [0.15, 0.2) is 0 Å². The lowest BCUT2D eigenvalue weighted by Gasteiger charge is -2.23. The molecule has 0 saturated heterocycles. The summed E-state index contributed by atoms with van der Waals surface area (Å²) < 4.78 is 1.11. The third kappa shape index (κ3) is 16.1. The van der Waals surface area contributed by atoms with Crippen molar-refractivity contribution in [1.82, 2.24) is 5.32 Å². The maximum absolute atomic E-state index is 3.49. The Labute approximate surface area is 119 Å². The second-order valence-corrected chi connectivity index (χ2v) is 6.84. The van der Waals surface area contributed by atoms with Crippen LogP contribution in [0, 0.1) is 0 Å². The molecule has 0 aliphatic carbocycles. The van der Waals surface area contributed by atoms with Gasteiger partial charge in [-0.25, -0.2) is 0 Å². The van der Waals surface area contributed by atoms with E-state index in [9.17, 15) is 0 Å². The van der Waals surface area contributed by atoms with E-state index >= 15 is 0 Å². The predicted octanol–water partition coefficient (Wildman–Crippen LogP) is 2.99. The predicted molar refractivity (Wildman–Crippen MR) is 83.3 cm³/mol. The lowest BCUT2D eigenvalue weighted by molar-refractivity contribution is -0.870. The Kier molecular flexibility index (Phi) is 12.3. The number of nitrogens with one attached hydrogen (secondary N) is 1. The topological polar surface area (TPSA) is 12.0 Å². The number of quaternary nitrogens is 1. The first-order valence-electron chi connectivity index (χ1n) is 7.72. The first-order chi connectivity index (χ1) is 8.56. The molecule has 3 radical (unpaired) electrons. The van der Waals surface area contributed by atoms with E-state index < -0.39 is 0 Å². The summed E-state index contributed by atoms with van der Waals surface area (Å²) in [5.74, 6) is 0. The van der Waals surface area contributed by atoms with Crippen molar-refractivity contribution in [1.29, 1.82) is 0 Å². The van der Waals surface area contributed by atoms with E-state index in [-0.39, 0.29) is 0 Å². The summed E-state index contributed by atoms with van der Waals surface area (Å²) in [5.41, 5.74) is 0. The summed E-state index contributed by atoms with van der Waals surface area (Å²) in [4.78, 5) is 0. The fourth-order valence-electron chi connectivity index (χ4n) is 2.06. The summed E-state index contributed by atoms with van der Waals surface area (Å²) in [5, 5.41) is 3.48. The van der Waals surface area contributed by atoms with E-state index in [0.29, 0.717) is 0 Å². The third-order valence-corrected chi connectivity index (χ3v) is 3.57. The van der Waals surface area contributed by atoms with Gasteiger partial charge in [-0.2, -0.15) is 0 Å². The van der Waals surface area contributed by atoms with Crippen molar-refractivity contribution in [3.8, 4) is 0 Å². The maximum Gasteiger partial charge on any atom is 0.0780 e. The van der Waals surface area contributed by atoms with Crippen LogP contribution in [0.15, 0.2) is 0 Å². The summed E-state index contributed by atoms with van der Waals surface area (Å²) >= 11 is 0. The molecule has 0 aromatic carbocycles. The van der Waals surface area contributed by atoms with Crippen LogP contribution in [0.2, 0.25) is 6.04 Å². The van der Waals surface area contributed by atoms with Gasteiger partial charge in [-0.3, -0.25) is 0 Å². The van der Waals surface area contributed by atoms with E-state index in [1.54, 1.807) is 0 Å². The van der Waals surface area contributed by atoms with Crippen molar-refractivity contribution in [3.05, 3.63) is 0 Å². The van der Waals surface area contributed by atoms with Gasteiger partial charge >= 0.3 is 0 Å². The minimum atomic E-state index is 1.11. The minimum absolute atomic E-state index is 1.11. The number of nitrogens with zero attached hydrogens (tertiary/aromatic N) is 1. The van der Waals surface area contributed by atoms with Crippen LogP contribution in [0.1, 0.15) is 51.4 Å². The Bertz CT molecular complexity index is 166. The minimum Gasteiger partial charge on any atom is -0.331 e. The molecule has 0 heterocycles. The number of unbranched alkanes of at least 4 members (excludes halogenated alkanes) is 6. The standard InChI is InChI=1S/C15H34N2Si/c1-17(2,3)14-10-8-6-4-5-7-9-12-16-13-11-15-18/h16H,4-15H2,1-3H3/q+1. The second-order valence-electron chi connectivity index (χ2n) is 6.34. The van der Waals surface area contributed by atoms with Gasteiger partial charge < -0.3 is 9.80 Å². The SMILES string of the molecule is C[N+](C)(C)CCCCCCCCCNCCC[Si]. The Morgan fingerprint density at radius 1 is 0.722 bits per heavy atom. The lowest BCUT2D eigenvalue weighted by Crippen LogP contribution is -2.35. The molecular formula is C15H34N2Si+. The molecule has 0 spiro atoms. The van der Waals surface area contributed by atoms with Crippen molar-refractivity contribution in [3.63, 3.8) is 0 Å². The Morgan fingerprint density at radius 2 is 1.22 bits per heavy atom. The van der Waals surface area contributed by atoms with Crippen molar-refractivity contribution >= 4 is 10.2 Å². The van der Waals surface area contributed by atoms with Crippen LogP contribution in [0.25, 0.3) is 0 Å². The molecule has 0 unspecified atom stereocenters. The zero-order valence-corrected chi connectivity index (χ0v) is 13.9. The zero-order valence-electron chi connectivity index (χ0n) is 12.9. The van der Waals surface area contributed by atoms with Crippen LogP contribution in [0.4, 0.5) is 0 Å². The highest BCUT2D eigenvalue weighted by molar-refractivity contribution is 6.08. The lowest BCUT2D eigenvalue weighted by atomic mass is 10.1. The van der Waals surface area contributed by atoms with Gasteiger partial charge in [0.05, 0.1) is 27.7 Å². The highest BCUT2D eigenvalue weighted by Crippen LogP contribution is 2.08. The molecule has 0 aromatic rings. The van der Waals surface area contributed by atoms with Crippen molar-refractivity contribution in [2.45, 2.75) is 57.4 Å². The molecule has 0 fully saturated rings. The van der Waals surface area contributed by atoms with Gasteiger partial charge in [0.2, 0.25) is 0 Å². The van der Waals surface area contributed by atoms with Crippen molar-refractivity contribution in [2.75, 3.05) is 40.8 Å². The molecule has 18 heavy (non-hydrogen) atoms. The van der Waals surface area contributed by atoms with E-state index in [1.165, 1.54) is 64.5 Å². The summed E-state index contributed by atoms with van der Waals surface area (Å²) in [6, 6.07) is 1.11. The first kappa shape index (κ1) is 18.1. The normalized spacial score (nSPS) is 12.0. The number of rotatable bonds is 13. The average molecular weight is 271 g/mol. The van der Waals surface area contributed by atoms with Crippen LogP contribution < -0.4 is 5.32 Å². The number of hydrogen-bond donors (Lipinski definition) is 1. The first-order valence-corrected chi connectivity index (χ1v) is 8.43. The molecule has 1 N–H and O–H groups in total. The highest BCUT2D eigenvalue weighted by Gasteiger charge is 2.04. The Morgan fingerprint density at radius 3 is 1.78 bits per heavy atom. The van der Waals surface area contributed by atoms with Crippen LogP contribution in [0.3, 0.4) is 0 Å². The van der Waals surface area contributed by atoms with E-state index in [1.807, 2.05) is 0 Å². The maximum atomic E-state index is 3.49. The van der Waals surface area contributed by atoms with E-state index in [0.717, 1.165) is 17.1 Å². The molecule has 3 heteroatoms. The summed E-state index contributed by atoms with van der Waals surface area (Å²) in [6.45, 7) is 3.68. The summed E-state index contributed by atoms with van der Waals surface area (Å²) in [6.07, 6.45) is 11.1. The quantitative estimate of drug-likeness (QED) is 0.308. The van der Waals surface area contributed by atoms with E-state index in [4.69, 9.17) is 0 Å². The third-order valence-electron chi connectivity index (χ3n) is 3.21. The smallest absolute Gasteiger partial charge is 0.0780 e. The fourth-order valence-corrected chi connectivity index (χ4v) is 2.24. The van der Waals surface area contributed by atoms with E-state index in [2.05, 4.69) is 36.7 Å². The zero-order chi connectivity index (χ0) is 13.7. The van der Waals surface area contributed by atoms with Gasteiger partial charge in [-0.15, -0.1) is 0 Å². The molecule has 0 amide bonds. The van der Waals surface area contributed by atoms with Gasteiger partial charge in [-0.05, 0) is 38.8 Å². The average Bonchev–Trinajstić information content (AvgIpc) is 2.29.